The number of aromatic nitrogens is 1. The topological polar surface area (TPSA) is 52.8 Å². The van der Waals surface area contributed by atoms with Gasteiger partial charge < -0.3 is 14.0 Å². The molecule has 1 aliphatic carbocycles. The van der Waals surface area contributed by atoms with E-state index in [2.05, 4.69) is 10.9 Å². The maximum atomic E-state index is 12.3. The fourth-order valence-electron chi connectivity index (χ4n) is 3.58. The lowest BCUT2D eigenvalue weighted by atomic mass is 10.0. The fourth-order valence-corrected chi connectivity index (χ4v) is 4.64. The minimum absolute atomic E-state index is 0.0655. The Balaban J connectivity index is 1.64. The van der Waals surface area contributed by atoms with Crippen molar-refractivity contribution in [3.63, 3.8) is 0 Å². The van der Waals surface area contributed by atoms with Gasteiger partial charge in [0.05, 0.1) is 16.8 Å². The number of fused-ring (bicyclic) bond motifs is 2. The van der Waals surface area contributed by atoms with E-state index >= 15 is 0 Å². The number of ether oxygens (including phenoxy) is 2. The molecule has 2 aliphatic rings. The Labute approximate surface area is 150 Å². The van der Waals surface area contributed by atoms with Crippen molar-refractivity contribution >= 4 is 27.5 Å². The van der Waals surface area contributed by atoms with Crippen molar-refractivity contribution in [1.82, 2.24) is 4.57 Å². The predicted octanol–water partition coefficient (Wildman–Crippen LogP) is 3.46. The zero-order valence-electron chi connectivity index (χ0n) is 14.0. The number of rotatable bonds is 4. The second-order valence-corrected chi connectivity index (χ2v) is 7.55. The minimum atomic E-state index is -0.0655. The number of carbonyl (C=O) groups is 1. The van der Waals surface area contributed by atoms with Crippen LogP contribution in [0.5, 0.6) is 11.5 Å². The quantitative estimate of drug-likeness (QED) is 0.789. The van der Waals surface area contributed by atoms with Crippen LogP contribution in [0, 0.1) is 18.3 Å². The number of nitrogens with zero attached hydrogens (tertiary/aromatic N) is 2. The van der Waals surface area contributed by atoms with E-state index < -0.39 is 0 Å². The number of amides is 1. The van der Waals surface area contributed by atoms with Gasteiger partial charge in [-0.3, -0.25) is 4.79 Å². The lowest BCUT2D eigenvalue weighted by Gasteiger charge is -2.05. The Morgan fingerprint density at radius 1 is 1.32 bits per heavy atom. The molecule has 25 heavy (non-hydrogen) atoms. The van der Waals surface area contributed by atoms with Crippen LogP contribution in [0.15, 0.2) is 17.1 Å². The number of benzene rings is 1. The van der Waals surface area contributed by atoms with Crippen LogP contribution in [-0.2, 0) is 11.3 Å². The molecule has 2 heterocycles. The van der Waals surface area contributed by atoms with Gasteiger partial charge >= 0.3 is 0 Å². The molecule has 2 aromatic rings. The Morgan fingerprint density at radius 3 is 2.84 bits per heavy atom. The third kappa shape index (κ3) is 3.29. The molecule has 130 valence electrons. The predicted molar refractivity (Wildman–Crippen MR) is 96.5 cm³/mol. The molecule has 1 fully saturated rings. The Hall–Kier alpha value is -2.26. The second kappa shape index (κ2) is 6.93. The van der Waals surface area contributed by atoms with E-state index in [9.17, 15) is 4.79 Å². The van der Waals surface area contributed by atoms with Crippen molar-refractivity contribution in [1.29, 1.82) is 0 Å². The third-order valence-electron chi connectivity index (χ3n) is 4.89. The molecule has 4 rings (SSSR count). The number of terminal acetylenes is 1. The Kier molecular flexibility index (Phi) is 4.50. The van der Waals surface area contributed by atoms with Crippen molar-refractivity contribution in [2.45, 2.75) is 45.1 Å². The molecule has 1 aromatic carbocycles. The highest BCUT2D eigenvalue weighted by molar-refractivity contribution is 7.16. The molecule has 1 aliphatic heterocycles. The van der Waals surface area contributed by atoms with Crippen molar-refractivity contribution in [2.75, 3.05) is 6.79 Å². The van der Waals surface area contributed by atoms with Crippen LogP contribution in [0.1, 0.15) is 38.5 Å². The van der Waals surface area contributed by atoms with Crippen LogP contribution >= 0.6 is 11.3 Å². The van der Waals surface area contributed by atoms with Crippen LogP contribution in [-0.4, -0.2) is 17.3 Å². The van der Waals surface area contributed by atoms with Gasteiger partial charge in [0.2, 0.25) is 12.7 Å². The summed E-state index contributed by atoms with van der Waals surface area (Å²) in [7, 11) is 0. The zero-order valence-corrected chi connectivity index (χ0v) is 14.8. The van der Waals surface area contributed by atoms with Crippen LogP contribution in [0.4, 0.5) is 0 Å². The molecule has 0 N–H and O–H groups in total. The van der Waals surface area contributed by atoms with Gasteiger partial charge in [-0.15, -0.1) is 6.42 Å². The van der Waals surface area contributed by atoms with Crippen molar-refractivity contribution < 1.29 is 14.3 Å². The molecule has 0 unspecified atom stereocenters. The highest BCUT2D eigenvalue weighted by atomic mass is 32.1. The summed E-state index contributed by atoms with van der Waals surface area (Å²) in [6.45, 7) is 0.604. The van der Waals surface area contributed by atoms with E-state index in [0.29, 0.717) is 29.4 Å². The van der Waals surface area contributed by atoms with Crippen LogP contribution < -0.4 is 14.3 Å². The zero-order chi connectivity index (χ0) is 17.2. The molecule has 6 heteroatoms. The first-order valence-corrected chi connectivity index (χ1v) is 9.50. The summed E-state index contributed by atoms with van der Waals surface area (Å²) in [6, 6.07) is 3.84. The fraction of sp³-hybridized carbons (Fsp3) is 0.474. The van der Waals surface area contributed by atoms with E-state index in [1.54, 1.807) is 0 Å². The highest BCUT2D eigenvalue weighted by Gasteiger charge is 2.18. The summed E-state index contributed by atoms with van der Waals surface area (Å²) in [5.41, 5.74) is 0.926. The van der Waals surface area contributed by atoms with Gasteiger partial charge in [-0.25, -0.2) is 0 Å². The molecule has 0 spiro atoms. The summed E-state index contributed by atoms with van der Waals surface area (Å²) < 4.78 is 13.8. The highest BCUT2D eigenvalue weighted by Crippen LogP contribution is 2.37. The van der Waals surface area contributed by atoms with Crippen LogP contribution in [0.25, 0.3) is 10.2 Å². The average molecular weight is 356 g/mol. The summed E-state index contributed by atoms with van der Waals surface area (Å²) in [6.07, 6.45) is 12.1. The van der Waals surface area contributed by atoms with Gasteiger partial charge in [0.25, 0.3) is 0 Å². The molecular weight excluding hydrogens is 336 g/mol. The van der Waals surface area contributed by atoms with Crippen LogP contribution in [0.3, 0.4) is 0 Å². The molecule has 1 aromatic heterocycles. The molecule has 0 radical (unpaired) electrons. The summed E-state index contributed by atoms with van der Waals surface area (Å²) in [5.74, 6) is 4.70. The second-order valence-electron chi connectivity index (χ2n) is 6.54. The van der Waals surface area contributed by atoms with Crippen molar-refractivity contribution in [2.24, 2.45) is 10.9 Å². The summed E-state index contributed by atoms with van der Waals surface area (Å²) >= 11 is 1.46. The maximum absolute atomic E-state index is 12.3. The average Bonchev–Trinajstić information content (AvgIpc) is 3.32. The normalized spacial score (nSPS) is 17.3. The van der Waals surface area contributed by atoms with E-state index in [-0.39, 0.29) is 12.7 Å². The lowest BCUT2D eigenvalue weighted by Crippen LogP contribution is -2.16. The van der Waals surface area contributed by atoms with Gasteiger partial charge in [-0.1, -0.05) is 42.9 Å². The lowest BCUT2D eigenvalue weighted by molar-refractivity contribution is -0.118. The first-order chi connectivity index (χ1) is 12.2. The molecule has 0 atom stereocenters. The molecule has 5 nitrogen and oxygen atoms in total. The van der Waals surface area contributed by atoms with Gasteiger partial charge in [0, 0.05) is 18.6 Å². The van der Waals surface area contributed by atoms with Gasteiger partial charge in [-0.05, 0) is 12.3 Å². The maximum Gasteiger partial charge on any atom is 0.248 e. The smallest absolute Gasteiger partial charge is 0.248 e. The molecule has 1 saturated carbocycles. The first-order valence-electron chi connectivity index (χ1n) is 8.68. The molecular formula is C19H20N2O3S. The number of hydrogen-bond acceptors (Lipinski definition) is 4. The molecule has 0 saturated heterocycles. The van der Waals surface area contributed by atoms with E-state index in [1.807, 2.05) is 16.7 Å². The summed E-state index contributed by atoms with van der Waals surface area (Å²) in [5, 5.41) is 0. The molecule has 0 bridgehead atoms. The van der Waals surface area contributed by atoms with Gasteiger partial charge in [-0.2, -0.15) is 4.99 Å². The monoisotopic (exact) mass is 356 g/mol. The SMILES string of the molecule is C#CCn1c(=NC(=O)CCC2CCCC2)sc2cc3c(cc21)OCO3. The third-order valence-corrected chi connectivity index (χ3v) is 5.93. The first kappa shape index (κ1) is 16.2. The van der Waals surface area contributed by atoms with Gasteiger partial charge in [0.1, 0.15) is 0 Å². The van der Waals surface area contributed by atoms with E-state index in [4.69, 9.17) is 15.9 Å². The number of hydrogen-bond donors (Lipinski definition) is 0. The Morgan fingerprint density at radius 2 is 2.08 bits per heavy atom. The van der Waals surface area contributed by atoms with Crippen molar-refractivity contribution in [3.8, 4) is 23.8 Å². The number of carbonyl (C=O) groups excluding carboxylic acids is 1. The summed E-state index contributed by atoms with van der Waals surface area (Å²) in [4.78, 5) is 17.3. The van der Waals surface area contributed by atoms with Gasteiger partial charge in [0.15, 0.2) is 16.3 Å². The minimum Gasteiger partial charge on any atom is -0.454 e. The Bertz CT molecular complexity index is 913. The van der Waals surface area contributed by atoms with Crippen molar-refractivity contribution in [3.05, 3.63) is 16.9 Å². The standard InChI is InChI=1S/C19H20N2O3S/c1-2-9-21-14-10-15-16(24-12-23-15)11-17(14)25-19(21)20-18(22)8-7-13-5-3-4-6-13/h1,10-11,13H,3-9,12H2. The number of thiazole rings is 1. The van der Waals surface area contributed by atoms with E-state index in [0.717, 1.165) is 22.4 Å². The van der Waals surface area contributed by atoms with E-state index in [1.165, 1.54) is 37.0 Å². The van der Waals surface area contributed by atoms with Crippen LogP contribution in [0.2, 0.25) is 0 Å². The molecule has 1 amide bonds. The largest absolute Gasteiger partial charge is 0.454 e.